The first-order valence-corrected chi connectivity index (χ1v) is 7.62. The van der Waals surface area contributed by atoms with E-state index in [0.29, 0.717) is 6.92 Å². The Labute approximate surface area is 114 Å². The highest BCUT2D eigenvalue weighted by atomic mass is 35.7. The van der Waals surface area contributed by atoms with Crippen LogP contribution in [0.25, 0.3) is 0 Å². The van der Waals surface area contributed by atoms with E-state index < -0.39 is 26.3 Å². The van der Waals surface area contributed by atoms with Gasteiger partial charge in [0.25, 0.3) is 5.92 Å². The molecule has 0 fully saturated rings. The highest BCUT2D eigenvalue weighted by Crippen LogP contribution is 2.38. The molecule has 0 spiro atoms. The Hall–Kier alpha value is -1.08. The Morgan fingerprint density at radius 2 is 1.68 bits per heavy atom. The van der Waals surface area contributed by atoms with E-state index in [2.05, 4.69) is 0 Å². The van der Waals surface area contributed by atoms with Crippen LogP contribution in [-0.2, 0) is 20.7 Å². The minimum atomic E-state index is -3.96. The zero-order valence-corrected chi connectivity index (χ0v) is 12.1. The first-order valence-electron chi connectivity index (χ1n) is 5.14. The summed E-state index contributed by atoms with van der Waals surface area (Å²) in [7, 11) is 3.77. The molecule has 4 nitrogen and oxygen atoms in total. The van der Waals surface area contributed by atoms with Gasteiger partial charge in [-0.1, -0.05) is 0 Å². The van der Waals surface area contributed by atoms with Crippen molar-refractivity contribution in [1.29, 1.82) is 0 Å². The number of ether oxygens (including phenoxy) is 2. The third kappa shape index (κ3) is 4.21. The van der Waals surface area contributed by atoms with Crippen LogP contribution in [0.15, 0.2) is 12.1 Å². The van der Waals surface area contributed by atoms with Crippen LogP contribution in [-0.4, -0.2) is 22.6 Å². The van der Waals surface area contributed by atoms with Crippen LogP contribution in [0.4, 0.5) is 8.78 Å². The Balaban J connectivity index is 3.49. The van der Waals surface area contributed by atoms with Gasteiger partial charge in [0.05, 0.1) is 20.0 Å². The molecule has 0 radical (unpaired) electrons. The van der Waals surface area contributed by atoms with Gasteiger partial charge in [0, 0.05) is 23.2 Å². The van der Waals surface area contributed by atoms with Gasteiger partial charge in [-0.05, 0) is 17.7 Å². The van der Waals surface area contributed by atoms with Gasteiger partial charge in [-0.25, -0.2) is 17.2 Å². The molecule has 0 saturated carbocycles. The zero-order chi connectivity index (χ0) is 14.8. The standard InChI is InChI=1S/C11H13ClF2O4S/c1-11(13,14)8-5-10(18-3)9(17-2)4-7(8)6-19(12,15)16/h4-5H,6H2,1-3H3. The van der Waals surface area contributed by atoms with Crippen molar-refractivity contribution in [2.45, 2.75) is 18.6 Å². The molecule has 0 aliphatic heterocycles. The molecular formula is C11H13ClF2O4S. The minimum absolute atomic E-state index is 0.0924. The third-order valence-electron chi connectivity index (χ3n) is 2.41. The average Bonchev–Trinajstić information content (AvgIpc) is 2.24. The van der Waals surface area contributed by atoms with E-state index in [-0.39, 0.29) is 17.1 Å². The van der Waals surface area contributed by atoms with Crippen molar-refractivity contribution >= 4 is 19.7 Å². The maximum Gasteiger partial charge on any atom is 0.270 e. The molecule has 0 N–H and O–H groups in total. The lowest BCUT2D eigenvalue weighted by Gasteiger charge is -2.18. The Morgan fingerprint density at radius 1 is 1.21 bits per heavy atom. The molecule has 1 rings (SSSR count). The molecule has 1 aromatic carbocycles. The molecular weight excluding hydrogens is 302 g/mol. The Bertz CT molecular complexity index is 567. The molecule has 1 aromatic rings. The molecule has 0 atom stereocenters. The van der Waals surface area contributed by atoms with Crippen molar-refractivity contribution in [3.63, 3.8) is 0 Å². The van der Waals surface area contributed by atoms with Gasteiger partial charge in [-0.2, -0.15) is 0 Å². The summed E-state index contributed by atoms with van der Waals surface area (Å²) in [6.45, 7) is 0.665. The average molecular weight is 315 g/mol. The van der Waals surface area contributed by atoms with Crippen molar-refractivity contribution in [3.8, 4) is 11.5 Å². The normalized spacial score (nSPS) is 12.3. The van der Waals surface area contributed by atoms with Crippen LogP contribution in [0.5, 0.6) is 11.5 Å². The topological polar surface area (TPSA) is 52.6 Å². The molecule has 108 valence electrons. The molecule has 0 aliphatic rings. The minimum Gasteiger partial charge on any atom is -0.493 e. The van der Waals surface area contributed by atoms with Gasteiger partial charge in [0.15, 0.2) is 11.5 Å². The van der Waals surface area contributed by atoms with Crippen molar-refractivity contribution in [2.24, 2.45) is 0 Å². The van der Waals surface area contributed by atoms with Crippen molar-refractivity contribution in [2.75, 3.05) is 14.2 Å². The third-order valence-corrected chi connectivity index (χ3v) is 3.39. The molecule has 0 heterocycles. The predicted octanol–water partition coefficient (Wildman–Crippen LogP) is 2.88. The van der Waals surface area contributed by atoms with Gasteiger partial charge in [-0.15, -0.1) is 0 Å². The van der Waals surface area contributed by atoms with Crippen LogP contribution >= 0.6 is 10.7 Å². The van der Waals surface area contributed by atoms with E-state index in [4.69, 9.17) is 20.2 Å². The molecule has 8 heteroatoms. The second kappa shape index (κ2) is 5.50. The maximum absolute atomic E-state index is 13.5. The number of hydrogen-bond donors (Lipinski definition) is 0. The zero-order valence-electron chi connectivity index (χ0n) is 10.5. The number of benzene rings is 1. The molecule has 0 bridgehead atoms. The van der Waals surface area contributed by atoms with Crippen LogP contribution in [0.1, 0.15) is 18.1 Å². The van der Waals surface area contributed by atoms with E-state index >= 15 is 0 Å². The summed E-state index contributed by atoms with van der Waals surface area (Å²) >= 11 is 0. The van der Waals surface area contributed by atoms with Crippen LogP contribution < -0.4 is 9.47 Å². The molecule has 0 aliphatic carbocycles. The molecule has 0 aromatic heterocycles. The van der Waals surface area contributed by atoms with Gasteiger partial charge < -0.3 is 9.47 Å². The SMILES string of the molecule is COc1cc(CS(=O)(=O)Cl)c(C(C)(F)F)cc1OC. The quantitative estimate of drug-likeness (QED) is 0.784. The summed E-state index contributed by atoms with van der Waals surface area (Å²) in [5, 5.41) is 0. The van der Waals surface area contributed by atoms with Gasteiger partial charge in [0.2, 0.25) is 9.05 Å². The Morgan fingerprint density at radius 3 is 2.05 bits per heavy atom. The first-order chi connectivity index (χ1) is 8.58. The fourth-order valence-electron chi connectivity index (χ4n) is 1.63. The lowest BCUT2D eigenvalue weighted by Crippen LogP contribution is -2.13. The number of alkyl halides is 2. The van der Waals surface area contributed by atoms with E-state index in [0.717, 1.165) is 6.07 Å². The van der Waals surface area contributed by atoms with Crippen LogP contribution in [0.3, 0.4) is 0 Å². The van der Waals surface area contributed by atoms with E-state index in [1.807, 2.05) is 0 Å². The van der Waals surface area contributed by atoms with E-state index in [9.17, 15) is 17.2 Å². The molecule has 0 amide bonds. The monoisotopic (exact) mass is 314 g/mol. The fourth-order valence-corrected chi connectivity index (χ4v) is 2.60. The summed E-state index contributed by atoms with van der Waals surface area (Å²) < 4.78 is 59.0. The lowest BCUT2D eigenvalue weighted by molar-refractivity contribution is 0.0165. The summed E-state index contributed by atoms with van der Waals surface area (Å²) in [6.07, 6.45) is 0. The fraction of sp³-hybridized carbons (Fsp3) is 0.455. The molecule has 19 heavy (non-hydrogen) atoms. The van der Waals surface area contributed by atoms with Gasteiger partial charge in [-0.3, -0.25) is 0 Å². The first kappa shape index (κ1) is 16.0. The maximum atomic E-state index is 13.5. The van der Waals surface area contributed by atoms with Gasteiger partial charge in [0.1, 0.15) is 0 Å². The van der Waals surface area contributed by atoms with Crippen molar-refractivity contribution in [3.05, 3.63) is 23.3 Å². The van der Waals surface area contributed by atoms with E-state index in [1.54, 1.807) is 0 Å². The smallest absolute Gasteiger partial charge is 0.270 e. The largest absolute Gasteiger partial charge is 0.493 e. The van der Waals surface area contributed by atoms with Crippen LogP contribution in [0, 0.1) is 0 Å². The molecule has 0 unspecified atom stereocenters. The Kier molecular flexibility index (Phi) is 4.63. The second-order valence-electron chi connectivity index (χ2n) is 3.94. The number of rotatable bonds is 5. The number of halogens is 3. The summed E-state index contributed by atoms with van der Waals surface area (Å²) in [6, 6.07) is 2.24. The molecule has 0 saturated heterocycles. The summed E-state index contributed by atoms with van der Waals surface area (Å²) in [4.78, 5) is 0. The van der Waals surface area contributed by atoms with Crippen LogP contribution in [0.2, 0.25) is 0 Å². The highest BCUT2D eigenvalue weighted by molar-refractivity contribution is 8.13. The van der Waals surface area contributed by atoms with Gasteiger partial charge >= 0.3 is 0 Å². The lowest BCUT2D eigenvalue weighted by atomic mass is 10.0. The predicted molar refractivity (Wildman–Crippen MR) is 67.6 cm³/mol. The second-order valence-corrected chi connectivity index (χ2v) is 6.71. The number of methoxy groups -OCH3 is 2. The van der Waals surface area contributed by atoms with E-state index in [1.165, 1.54) is 20.3 Å². The van der Waals surface area contributed by atoms with Crippen molar-refractivity contribution in [1.82, 2.24) is 0 Å². The highest BCUT2D eigenvalue weighted by Gasteiger charge is 2.30. The number of hydrogen-bond acceptors (Lipinski definition) is 4. The van der Waals surface area contributed by atoms with Crippen molar-refractivity contribution < 1.29 is 26.7 Å². The summed E-state index contributed by atoms with van der Waals surface area (Å²) in [5.41, 5.74) is -0.588. The summed E-state index contributed by atoms with van der Waals surface area (Å²) in [5.74, 6) is -3.69.